The minimum absolute atomic E-state index is 0.0699. The van der Waals surface area contributed by atoms with Crippen LogP contribution in [-0.2, 0) is 0 Å². The summed E-state index contributed by atoms with van der Waals surface area (Å²) < 4.78 is 2.05. The van der Waals surface area contributed by atoms with E-state index in [1.54, 1.807) is 6.20 Å². The van der Waals surface area contributed by atoms with Crippen molar-refractivity contribution in [2.45, 2.75) is 59.0 Å². The summed E-state index contributed by atoms with van der Waals surface area (Å²) in [7, 11) is 0. The number of nitrogens with zero attached hydrogens (tertiary/aromatic N) is 2. The van der Waals surface area contributed by atoms with Gasteiger partial charge in [0, 0.05) is 6.04 Å². The molecule has 1 heterocycles. The molecule has 1 atom stereocenters. The topological polar surface area (TPSA) is 46.9 Å². The van der Waals surface area contributed by atoms with Gasteiger partial charge in [0.2, 0.25) is 0 Å². The molecule has 18 heavy (non-hydrogen) atoms. The predicted molar refractivity (Wildman–Crippen MR) is 79.2 cm³/mol. The fourth-order valence-electron chi connectivity index (χ4n) is 1.86. The summed E-state index contributed by atoms with van der Waals surface area (Å²) in [5.41, 5.74) is 0.707. The van der Waals surface area contributed by atoms with Gasteiger partial charge in [0.25, 0.3) is 5.56 Å². The molecule has 1 rings (SSSR count). The first-order chi connectivity index (χ1) is 8.51. The largest absolute Gasteiger partial charge is 0.380 e. The van der Waals surface area contributed by atoms with E-state index in [0.717, 1.165) is 24.9 Å². The first kappa shape index (κ1) is 15.2. The van der Waals surface area contributed by atoms with E-state index >= 15 is 0 Å². The van der Waals surface area contributed by atoms with Gasteiger partial charge in [-0.25, -0.2) is 4.68 Å². The lowest BCUT2D eigenvalue weighted by Gasteiger charge is -2.19. The Bertz CT molecular complexity index is 442. The van der Waals surface area contributed by atoms with Gasteiger partial charge in [-0.15, -0.1) is 0 Å². The number of hydrogen-bond acceptors (Lipinski definition) is 3. The van der Waals surface area contributed by atoms with Gasteiger partial charge >= 0.3 is 0 Å². The summed E-state index contributed by atoms with van der Waals surface area (Å²) in [6.07, 6.45) is 4.98. The molecule has 0 aliphatic heterocycles. The minimum Gasteiger partial charge on any atom is -0.380 e. The Morgan fingerprint density at radius 1 is 1.44 bits per heavy atom. The van der Waals surface area contributed by atoms with Crippen LogP contribution in [0.25, 0.3) is 0 Å². The predicted octanol–water partition coefficient (Wildman–Crippen LogP) is 3.58. The van der Waals surface area contributed by atoms with Crippen LogP contribution in [0.5, 0.6) is 0 Å². The smallest absolute Gasteiger partial charge is 0.283 e. The molecule has 1 aromatic rings. The monoisotopic (exact) mass is 315 g/mol. The highest BCUT2D eigenvalue weighted by Gasteiger charge is 2.13. The van der Waals surface area contributed by atoms with E-state index in [4.69, 9.17) is 0 Å². The number of rotatable bonds is 6. The first-order valence-electron chi connectivity index (χ1n) is 6.55. The Hall–Kier alpha value is -0.840. The molecule has 0 aliphatic rings. The Labute approximate surface area is 117 Å². The average Bonchev–Trinajstić information content (AvgIpc) is 2.33. The van der Waals surface area contributed by atoms with Gasteiger partial charge in [-0.3, -0.25) is 4.79 Å². The van der Waals surface area contributed by atoms with Crippen molar-refractivity contribution in [1.29, 1.82) is 0 Å². The van der Waals surface area contributed by atoms with Crippen molar-refractivity contribution in [3.8, 4) is 0 Å². The van der Waals surface area contributed by atoms with Crippen LogP contribution < -0.4 is 10.9 Å². The maximum Gasteiger partial charge on any atom is 0.283 e. The zero-order valence-electron chi connectivity index (χ0n) is 11.5. The fourth-order valence-corrected chi connectivity index (χ4v) is 2.26. The highest BCUT2D eigenvalue weighted by atomic mass is 79.9. The molecular formula is C13H22BrN3O. The fraction of sp³-hybridized carbons (Fsp3) is 0.692. The van der Waals surface area contributed by atoms with E-state index < -0.39 is 0 Å². The second-order valence-corrected chi connectivity index (χ2v) is 5.55. The molecule has 102 valence electrons. The molecule has 1 aromatic heterocycles. The van der Waals surface area contributed by atoms with Crippen LogP contribution in [0, 0.1) is 0 Å². The Kier molecular flexibility index (Phi) is 5.85. The summed E-state index contributed by atoms with van der Waals surface area (Å²) in [6, 6.07) is 0.461. The molecule has 1 N–H and O–H groups in total. The number of hydrogen-bond donors (Lipinski definition) is 1. The summed E-state index contributed by atoms with van der Waals surface area (Å²) in [4.78, 5) is 12.1. The molecule has 1 unspecified atom stereocenters. The Morgan fingerprint density at radius 2 is 2.11 bits per heavy atom. The van der Waals surface area contributed by atoms with Gasteiger partial charge in [0.15, 0.2) is 0 Å². The van der Waals surface area contributed by atoms with Crippen molar-refractivity contribution in [3.63, 3.8) is 0 Å². The average molecular weight is 316 g/mol. The van der Waals surface area contributed by atoms with Gasteiger partial charge in [-0.05, 0) is 42.6 Å². The Balaban J connectivity index is 2.98. The van der Waals surface area contributed by atoms with E-state index in [1.165, 1.54) is 4.68 Å². The molecule has 0 saturated heterocycles. The maximum atomic E-state index is 12.1. The molecule has 0 radical (unpaired) electrons. The third-order valence-electron chi connectivity index (χ3n) is 2.92. The van der Waals surface area contributed by atoms with E-state index in [1.807, 2.05) is 13.8 Å². The molecule has 0 aromatic carbocycles. The molecule has 0 bridgehead atoms. The summed E-state index contributed by atoms with van der Waals surface area (Å²) in [5.74, 6) is 0. The zero-order chi connectivity index (χ0) is 13.7. The van der Waals surface area contributed by atoms with E-state index in [0.29, 0.717) is 10.5 Å². The molecule has 0 fully saturated rings. The van der Waals surface area contributed by atoms with Crippen molar-refractivity contribution in [2.24, 2.45) is 0 Å². The SMILES string of the molecule is CCCC(CC)Nc1cnn(C(C)C)c(=O)c1Br. The molecule has 4 nitrogen and oxygen atoms in total. The van der Waals surface area contributed by atoms with Crippen molar-refractivity contribution in [3.05, 3.63) is 21.0 Å². The molecule has 0 amide bonds. The first-order valence-corrected chi connectivity index (χ1v) is 7.34. The van der Waals surface area contributed by atoms with Crippen LogP contribution in [0.3, 0.4) is 0 Å². The van der Waals surface area contributed by atoms with Crippen molar-refractivity contribution < 1.29 is 0 Å². The third kappa shape index (κ3) is 3.57. The van der Waals surface area contributed by atoms with Gasteiger partial charge < -0.3 is 5.32 Å². The van der Waals surface area contributed by atoms with E-state index in [2.05, 4.69) is 40.2 Å². The highest BCUT2D eigenvalue weighted by molar-refractivity contribution is 9.10. The van der Waals surface area contributed by atoms with Gasteiger partial charge in [-0.1, -0.05) is 20.3 Å². The normalized spacial score (nSPS) is 12.8. The van der Waals surface area contributed by atoms with E-state index in [9.17, 15) is 4.79 Å². The lowest BCUT2D eigenvalue weighted by molar-refractivity contribution is 0.500. The number of anilines is 1. The second-order valence-electron chi connectivity index (χ2n) is 4.75. The zero-order valence-corrected chi connectivity index (χ0v) is 13.1. The van der Waals surface area contributed by atoms with Crippen LogP contribution >= 0.6 is 15.9 Å². The minimum atomic E-state index is -0.0821. The molecule has 0 spiro atoms. The quantitative estimate of drug-likeness (QED) is 0.872. The second kappa shape index (κ2) is 6.92. The van der Waals surface area contributed by atoms with Crippen molar-refractivity contribution in [2.75, 3.05) is 5.32 Å². The standard InChI is InChI=1S/C13H22BrN3O/c1-5-7-10(6-2)16-11-8-15-17(9(3)4)13(18)12(11)14/h8-10,16H,5-7H2,1-4H3. The van der Waals surface area contributed by atoms with Crippen LogP contribution in [0.15, 0.2) is 15.5 Å². The lowest BCUT2D eigenvalue weighted by atomic mass is 10.1. The molecule has 0 saturated carbocycles. The number of aromatic nitrogens is 2. The van der Waals surface area contributed by atoms with Crippen LogP contribution in [-0.4, -0.2) is 15.8 Å². The highest BCUT2D eigenvalue weighted by Crippen LogP contribution is 2.20. The molecule has 5 heteroatoms. The van der Waals surface area contributed by atoms with Gasteiger partial charge in [0.1, 0.15) is 4.47 Å². The summed E-state index contributed by atoms with van der Waals surface area (Å²) in [6.45, 7) is 8.19. The summed E-state index contributed by atoms with van der Waals surface area (Å²) >= 11 is 3.37. The van der Waals surface area contributed by atoms with Crippen LogP contribution in [0.1, 0.15) is 53.0 Å². The van der Waals surface area contributed by atoms with Gasteiger partial charge in [-0.2, -0.15) is 5.10 Å². The molecular weight excluding hydrogens is 294 g/mol. The van der Waals surface area contributed by atoms with Crippen LogP contribution in [0.2, 0.25) is 0 Å². The summed E-state index contributed by atoms with van der Waals surface area (Å²) in [5, 5.41) is 7.58. The number of halogens is 1. The van der Waals surface area contributed by atoms with Crippen molar-refractivity contribution >= 4 is 21.6 Å². The Morgan fingerprint density at radius 3 is 2.61 bits per heavy atom. The molecule has 0 aliphatic carbocycles. The van der Waals surface area contributed by atoms with Crippen LogP contribution in [0.4, 0.5) is 5.69 Å². The van der Waals surface area contributed by atoms with E-state index in [-0.39, 0.29) is 11.6 Å². The van der Waals surface area contributed by atoms with Crippen molar-refractivity contribution in [1.82, 2.24) is 9.78 Å². The van der Waals surface area contributed by atoms with Gasteiger partial charge in [0.05, 0.1) is 17.9 Å². The lowest BCUT2D eigenvalue weighted by Crippen LogP contribution is -2.27. The third-order valence-corrected chi connectivity index (χ3v) is 3.69. The number of nitrogens with one attached hydrogen (secondary N) is 1. The maximum absolute atomic E-state index is 12.1.